The number of nitrogens with zero attached hydrogens (tertiary/aromatic N) is 4. The van der Waals surface area contributed by atoms with Crippen LogP contribution >= 0.6 is 0 Å². The third kappa shape index (κ3) is 10.8. The first-order valence-corrected chi connectivity index (χ1v) is 20.3. The molecule has 0 fully saturated rings. The predicted molar refractivity (Wildman–Crippen MR) is 235 cm³/mol. The zero-order valence-electron chi connectivity index (χ0n) is 35.4. The van der Waals surface area contributed by atoms with Crippen molar-refractivity contribution in [3.8, 4) is 0 Å². The highest BCUT2D eigenvalue weighted by Crippen LogP contribution is 2.36. The molecule has 1 aromatic heterocycles. The van der Waals surface area contributed by atoms with E-state index in [9.17, 15) is 30.0 Å². The Morgan fingerprint density at radius 3 is 2.02 bits per heavy atom. The van der Waals surface area contributed by atoms with Crippen LogP contribution in [-0.2, 0) is 16.0 Å². The van der Waals surface area contributed by atoms with E-state index in [0.29, 0.717) is 80.7 Å². The largest absolute Gasteiger partial charge is 0.877 e. The van der Waals surface area contributed by atoms with Gasteiger partial charge in [-0.1, -0.05) is 70.9 Å². The summed E-state index contributed by atoms with van der Waals surface area (Å²) in [4.78, 5) is 43.2. The smallest absolute Gasteiger partial charge is 0.303 e. The van der Waals surface area contributed by atoms with Gasteiger partial charge >= 0.3 is 11.9 Å². The Hall–Kier alpha value is -5.87. The van der Waals surface area contributed by atoms with Crippen LogP contribution in [0.4, 0.5) is 0 Å². The highest BCUT2D eigenvalue weighted by molar-refractivity contribution is 6.25. The molecule has 3 N–H and O–H groups in total. The Balaban J connectivity index is 1.58. The molecule has 5 heterocycles. The minimum atomic E-state index is -1.02. The van der Waals surface area contributed by atoms with Crippen molar-refractivity contribution in [3.05, 3.63) is 138 Å². The number of carboxylic acid groups (broad SMARTS) is 2. The van der Waals surface area contributed by atoms with Crippen molar-refractivity contribution in [1.82, 2.24) is 4.98 Å². The Morgan fingerprint density at radius 1 is 0.763 bits per heavy atom. The van der Waals surface area contributed by atoms with Crippen LogP contribution in [0, 0.1) is 6.92 Å². The van der Waals surface area contributed by atoms with Gasteiger partial charge in [0.15, 0.2) is 0 Å². The third-order valence-corrected chi connectivity index (χ3v) is 11.1. The molecule has 0 aliphatic carbocycles. The summed E-state index contributed by atoms with van der Waals surface area (Å²) in [5.74, 6) is -1.98. The van der Waals surface area contributed by atoms with E-state index < -0.39 is 18.0 Å². The minimum Gasteiger partial charge on any atom is -0.877 e. The summed E-state index contributed by atoms with van der Waals surface area (Å²) in [6.45, 7) is 18.4. The lowest BCUT2D eigenvalue weighted by Crippen LogP contribution is -2.18. The molecular formula is C49H56N4O6-2. The van der Waals surface area contributed by atoms with Crippen LogP contribution in [0.15, 0.2) is 132 Å². The van der Waals surface area contributed by atoms with E-state index >= 15 is 0 Å². The van der Waals surface area contributed by atoms with Crippen molar-refractivity contribution in [2.45, 2.75) is 119 Å². The molecule has 1 unspecified atom stereocenters. The van der Waals surface area contributed by atoms with Crippen molar-refractivity contribution in [1.29, 1.82) is 0 Å². The number of hydrogen-bond acceptors (Lipinski definition) is 7. The van der Waals surface area contributed by atoms with Gasteiger partial charge < -0.3 is 25.4 Å². The molecule has 10 heteroatoms. The summed E-state index contributed by atoms with van der Waals surface area (Å²) in [7, 11) is 0. The number of aliphatic carboxylic acids is 2. The maximum atomic E-state index is 12.8. The van der Waals surface area contributed by atoms with Gasteiger partial charge in [-0.25, -0.2) is 15.0 Å². The molecule has 4 aliphatic rings. The molecule has 0 amide bonds. The summed E-state index contributed by atoms with van der Waals surface area (Å²) in [6.07, 6.45) is 20.5. The molecule has 0 radical (unpaired) electrons. The fourth-order valence-corrected chi connectivity index (χ4v) is 7.72. The summed E-state index contributed by atoms with van der Waals surface area (Å²) in [5.41, 5.74) is 12.3. The number of fused-ring (bicyclic) bond motifs is 5. The number of carbonyl (C=O) groups is 2. The lowest BCUT2D eigenvalue weighted by molar-refractivity contribution is -0.275. The number of hydrogen-bond donors (Lipinski definition) is 3. The van der Waals surface area contributed by atoms with Crippen LogP contribution in [0.5, 0.6) is 0 Å². The fraction of sp³-hybridized carbons (Fsp3) is 0.367. The molecule has 1 atom stereocenters. The number of aliphatic imine (C=N–C) groups is 3. The van der Waals surface area contributed by atoms with E-state index in [1.165, 1.54) is 16.7 Å². The standard InChI is InChI=1S/C49H58N4O6/c1-9-34-31(6)39-25-45-49(46(55)18-12-17-30(5)16-11-15-29(4)14-10-13-28(2)3)33(8)40(52-45)24-44-37(27-54)36(20-22-48(58)59)43(53-44)26-42-35(19-21-47(56)57)32(7)38(51-42)23-41(34)50-39/h9,13,15,17,23-27,46,55H,1,10-12,14,16,18-22H2,2-8H3,(H4,50,51,52,53,54,56,57,58,59)/p-2/b29-15+,30-17+,38-23?,39-25?,40-24?,41-23?,42-26?,43-26?,44-24?,45-25?. The normalized spacial score (nSPS) is 18.0. The quantitative estimate of drug-likeness (QED) is 0.109. The van der Waals surface area contributed by atoms with Gasteiger partial charge in [0.1, 0.15) is 0 Å². The topological polar surface area (TPSA) is 169 Å². The molecule has 5 rings (SSSR count). The van der Waals surface area contributed by atoms with Crippen LogP contribution in [0.2, 0.25) is 0 Å². The number of allylic oxidation sites excluding steroid dienone is 15. The Labute approximate surface area is 347 Å². The average molecular weight is 797 g/mol. The van der Waals surface area contributed by atoms with E-state index in [2.05, 4.69) is 52.5 Å². The molecule has 0 aromatic carbocycles. The molecule has 0 saturated carbocycles. The molecule has 8 bridgehead atoms. The molecule has 1 aromatic rings. The minimum absolute atomic E-state index is 0.0383. The fourth-order valence-electron chi connectivity index (χ4n) is 7.72. The summed E-state index contributed by atoms with van der Waals surface area (Å²) >= 11 is 0. The monoisotopic (exact) mass is 796 g/mol. The lowest BCUT2D eigenvalue weighted by atomic mass is 9.94. The van der Waals surface area contributed by atoms with Crippen LogP contribution in [0.1, 0.15) is 110 Å². The van der Waals surface area contributed by atoms with Gasteiger partial charge in [0.25, 0.3) is 0 Å². The average Bonchev–Trinajstić information content (AvgIpc) is 3.85. The van der Waals surface area contributed by atoms with Crippen LogP contribution in [0.25, 0.3) is 12.2 Å². The maximum Gasteiger partial charge on any atom is 0.303 e. The first-order valence-electron chi connectivity index (χ1n) is 20.3. The SMILES string of the molecule is C=CC1=C(C)C2=CC3=NC(=CC4=NC(=C(CCC(=O)O)/C4=C/[O-])C=c4[n-]c(c(C)c4CCC(=O)O)=CC1=N2)C(C)=C3C(O)CC/C=C(\C)CC/C=C(\C)CCC=C(C)C. The number of aliphatic hydroxyl groups excluding tert-OH is 1. The van der Waals surface area contributed by atoms with Crippen molar-refractivity contribution in [2.24, 2.45) is 15.0 Å². The van der Waals surface area contributed by atoms with Crippen LogP contribution in [0.3, 0.4) is 0 Å². The summed E-state index contributed by atoms with van der Waals surface area (Å²) in [6, 6.07) is 0. The van der Waals surface area contributed by atoms with E-state index in [1.807, 2.05) is 32.9 Å². The van der Waals surface area contributed by atoms with Crippen LogP contribution < -0.4 is 20.8 Å². The Kier molecular flexibility index (Phi) is 14.8. The van der Waals surface area contributed by atoms with E-state index in [0.717, 1.165) is 48.0 Å². The number of rotatable bonds is 17. The second-order valence-electron chi connectivity index (χ2n) is 15.8. The van der Waals surface area contributed by atoms with Gasteiger partial charge in [0.05, 0.1) is 40.3 Å². The Bertz CT molecular complexity index is 2440. The van der Waals surface area contributed by atoms with Gasteiger partial charge in [0.2, 0.25) is 0 Å². The summed E-state index contributed by atoms with van der Waals surface area (Å²) < 4.78 is 0. The maximum absolute atomic E-state index is 12.8. The number of carboxylic acids is 2. The third-order valence-electron chi connectivity index (χ3n) is 11.1. The highest BCUT2D eigenvalue weighted by Gasteiger charge is 2.29. The van der Waals surface area contributed by atoms with E-state index in [-0.39, 0.29) is 31.3 Å². The first-order chi connectivity index (χ1) is 28.1. The molecule has 4 aliphatic heterocycles. The zero-order chi connectivity index (χ0) is 43.0. The van der Waals surface area contributed by atoms with Crippen molar-refractivity contribution >= 4 is 41.2 Å². The molecule has 10 nitrogen and oxygen atoms in total. The molecule has 0 spiro atoms. The number of aliphatic hydroxyl groups is 1. The number of aromatic nitrogens is 1. The van der Waals surface area contributed by atoms with Crippen molar-refractivity contribution in [3.63, 3.8) is 0 Å². The molecule has 59 heavy (non-hydrogen) atoms. The van der Waals surface area contributed by atoms with Gasteiger partial charge in [-0.05, 0) is 134 Å². The lowest BCUT2D eigenvalue weighted by Gasteiger charge is -2.14. The first kappa shape index (κ1) is 44.2. The van der Waals surface area contributed by atoms with Gasteiger partial charge in [-0.15, -0.1) is 17.0 Å². The molecular weight excluding hydrogens is 741 g/mol. The second kappa shape index (κ2) is 19.7. The highest BCUT2D eigenvalue weighted by atomic mass is 16.4. The van der Waals surface area contributed by atoms with Crippen LogP contribution in [-0.4, -0.2) is 50.5 Å². The van der Waals surface area contributed by atoms with E-state index in [4.69, 9.17) is 20.0 Å². The predicted octanol–water partition coefficient (Wildman–Crippen LogP) is 7.42. The summed E-state index contributed by atoms with van der Waals surface area (Å²) in [5, 5.41) is 44.9. The molecule has 310 valence electrons. The van der Waals surface area contributed by atoms with Crippen molar-refractivity contribution < 1.29 is 30.0 Å². The molecule has 0 saturated heterocycles. The van der Waals surface area contributed by atoms with Gasteiger partial charge in [0, 0.05) is 24.0 Å². The second-order valence-corrected chi connectivity index (χ2v) is 15.8. The van der Waals surface area contributed by atoms with E-state index in [1.54, 1.807) is 18.2 Å². The van der Waals surface area contributed by atoms with Gasteiger partial charge in [-0.2, -0.15) is 0 Å². The van der Waals surface area contributed by atoms with Crippen molar-refractivity contribution in [2.75, 3.05) is 0 Å². The zero-order valence-corrected chi connectivity index (χ0v) is 35.4. The van der Waals surface area contributed by atoms with Gasteiger partial charge in [-0.3, -0.25) is 9.59 Å². The Morgan fingerprint density at radius 2 is 1.37 bits per heavy atom.